The van der Waals surface area contributed by atoms with Crippen LogP contribution in [0.2, 0.25) is 0 Å². The van der Waals surface area contributed by atoms with Gasteiger partial charge in [0.05, 0.1) is 0 Å². The molecule has 1 fully saturated rings. The second-order valence-electron chi connectivity index (χ2n) is 2.17. The van der Waals surface area contributed by atoms with E-state index in [1.165, 1.54) is 0 Å². The Morgan fingerprint density at radius 1 is 1.10 bits per heavy atom. The molecule has 2 amide bonds. The third-order valence-electron chi connectivity index (χ3n) is 1.30. The minimum atomic E-state index is -0.391. The molecule has 0 aromatic rings. The van der Waals surface area contributed by atoms with Crippen LogP contribution in [-0.4, -0.2) is 11.8 Å². The molecule has 10 heavy (non-hydrogen) atoms. The maximum atomic E-state index is 10.7. The Bertz CT molecular complexity index is 190. The van der Waals surface area contributed by atoms with Gasteiger partial charge in [0.15, 0.2) is 0 Å². The predicted molar refractivity (Wildman–Crippen MR) is 36.0 cm³/mol. The van der Waals surface area contributed by atoms with Crippen LogP contribution in [0.15, 0.2) is 24.3 Å². The summed E-state index contributed by atoms with van der Waals surface area (Å²) in [6, 6.07) is 0. The van der Waals surface area contributed by atoms with Crippen molar-refractivity contribution < 1.29 is 9.59 Å². The number of nitrogens with one attached hydrogen (secondary N) is 1. The van der Waals surface area contributed by atoms with Gasteiger partial charge in [0.25, 0.3) is 11.8 Å². The first kappa shape index (κ1) is 6.74. The molecule has 1 saturated heterocycles. The summed E-state index contributed by atoms with van der Waals surface area (Å²) in [4.78, 5) is 21.4. The Labute approximate surface area is 58.4 Å². The number of hydrogen-bond acceptors (Lipinski definition) is 2. The second-order valence-corrected chi connectivity index (χ2v) is 2.17. The van der Waals surface area contributed by atoms with Gasteiger partial charge < -0.3 is 0 Å². The van der Waals surface area contributed by atoms with Gasteiger partial charge in [-0.25, -0.2) is 0 Å². The van der Waals surface area contributed by atoms with E-state index < -0.39 is 11.8 Å². The minimum absolute atomic E-state index is 0.296. The Hall–Kier alpha value is -1.38. The lowest BCUT2D eigenvalue weighted by Crippen LogP contribution is -2.37. The lowest BCUT2D eigenvalue weighted by molar-refractivity contribution is -0.127. The van der Waals surface area contributed by atoms with Crippen LogP contribution in [-0.2, 0) is 9.59 Å². The number of piperidine rings is 1. The van der Waals surface area contributed by atoms with Crippen molar-refractivity contribution in [1.82, 2.24) is 5.32 Å². The first-order valence-electron chi connectivity index (χ1n) is 2.82. The van der Waals surface area contributed by atoms with Crippen LogP contribution in [0.5, 0.6) is 0 Å². The van der Waals surface area contributed by atoms with Crippen LogP contribution >= 0.6 is 0 Å². The highest BCUT2D eigenvalue weighted by atomic mass is 16.2. The predicted octanol–water partition coefficient (Wildman–Crippen LogP) is 0.145. The first-order valence-corrected chi connectivity index (χ1v) is 2.82. The zero-order valence-electron chi connectivity index (χ0n) is 5.44. The average molecular weight is 137 g/mol. The molecular weight excluding hydrogens is 130 g/mol. The Kier molecular flexibility index (Phi) is 1.41. The molecule has 0 bridgehead atoms. The van der Waals surface area contributed by atoms with Gasteiger partial charge in [-0.15, -0.1) is 0 Å². The van der Waals surface area contributed by atoms with E-state index in [1.54, 1.807) is 0 Å². The van der Waals surface area contributed by atoms with Crippen LogP contribution < -0.4 is 5.32 Å². The van der Waals surface area contributed by atoms with E-state index >= 15 is 0 Å². The molecule has 0 unspecified atom stereocenters. The van der Waals surface area contributed by atoms with Crippen molar-refractivity contribution in [2.75, 3.05) is 0 Å². The van der Waals surface area contributed by atoms with Gasteiger partial charge in [-0.3, -0.25) is 14.9 Å². The number of carbonyl (C=O) groups is 2. The first-order chi connectivity index (χ1) is 4.61. The zero-order chi connectivity index (χ0) is 7.72. The molecule has 0 aliphatic carbocycles. The topological polar surface area (TPSA) is 46.2 Å². The Balaban J connectivity index is 2.82. The third kappa shape index (κ3) is 0.978. The number of hydrogen-bond donors (Lipinski definition) is 1. The molecule has 0 radical (unpaired) electrons. The summed E-state index contributed by atoms with van der Waals surface area (Å²) in [6.45, 7) is 6.91. The van der Waals surface area contributed by atoms with E-state index in [-0.39, 0.29) is 0 Å². The van der Waals surface area contributed by atoms with Gasteiger partial charge in [0.2, 0.25) is 0 Å². The highest BCUT2D eigenvalue weighted by Crippen LogP contribution is 2.12. The molecule has 52 valence electrons. The molecule has 0 atom stereocenters. The van der Waals surface area contributed by atoms with Gasteiger partial charge in [0.1, 0.15) is 0 Å². The fourth-order valence-electron chi connectivity index (χ4n) is 0.698. The largest absolute Gasteiger partial charge is 0.289 e. The molecule has 0 aromatic heterocycles. The molecule has 0 saturated carbocycles. The van der Waals surface area contributed by atoms with Crippen LogP contribution in [0.3, 0.4) is 0 Å². The normalized spacial score (nSPS) is 19.2. The number of rotatable bonds is 0. The summed E-state index contributed by atoms with van der Waals surface area (Å²) in [6.07, 6.45) is 0.296. The van der Waals surface area contributed by atoms with Crippen LogP contribution in [0, 0.1) is 0 Å². The summed E-state index contributed by atoms with van der Waals surface area (Å²) in [7, 11) is 0. The standard InChI is InChI=1S/C7H7NO2/c1-4-3-5(2)7(10)8-6(4)9/h1-3H2,(H,8,9,10). The fourth-order valence-corrected chi connectivity index (χ4v) is 0.698. The van der Waals surface area contributed by atoms with E-state index in [4.69, 9.17) is 0 Å². The molecule has 3 heteroatoms. The maximum absolute atomic E-state index is 10.7. The summed E-state index contributed by atoms with van der Waals surface area (Å²) in [5.41, 5.74) is 0.786. The Morgan fingerprint density at radius 3 is 1.80 bits per heavy atom. The van der Waals surface area contributed by atoms with E-state index in [0.717, 1.165) is 0 Å². The lowest BCUT2D eigenvalue weighted by atomic mass is 10.0. The van der Waals surface area contributed by atoms with E-state index in [2.05, 4.69) is 18.5 Å². The van der Waals surface area contributed by atoms with Crippen molar-refractivity contribution in [1.29, 1.82) is 0 Å². The van der Waals surface area contributed by atoms with Gasteiger partial charge in [-0.05, 0) is 0 Å². The highest BCUT2D eigenvalue weighted by molar-refractivity contribution is 6.13. The summed E-state index contributed by atoms with van der Waals surface area (Å²) in [5, 5.41) is 2.10. The Morgan fingerprint density at radius 2 is 1.50 bits per heavy atom. The number of carbonyl (C=O) groups excluding carboxylic acids is 2. The SMILES string of the molecule is C=C1CC(=C)C(=O)NC1=O. The monoisotopic (exact) mass is 137 g/mol. The van der Waals surface area contributed by atoms with Crippen molar-refractivity contribution >= 4 is 11.8 Å². The number of imide groups is 1. The third-order valence-corrected chi connectivity index (χ3v) is 1.30. The zero-order valence-corrected chi connectivity index (χ0v) is 5.44. The van der Waals surface area contributed by atoms with Gasteiger partial charge in [-0.2, -0.15) is 0 Å². The molecule has 0 spiro atoms. The molecular formula is C7H7NO2. The second kappa shape index (κ2) is 2.10. The highest BCUT2D eigenvalue weighted by Gasteiger charge is 2.21. The van der Waals surface area contributed by atoms with Crippen molar-refractivity contribution in [3.63, 3.8) is 0 Å². The molecule has 1 aliphatic rings. The summed E-state index contributed by atoms with van der Waals surface area (Å²) < 4.78 is 0. The van der Waals surface area contributed by atoms with Crippen molar-refractivity contribution in [2.45, 2.75) is 6.42 Å². The van der Waals surface area contributed by atoms with E-state index in [1.807, 2.05) is 0 Å². The molecule has 1 rings (SSSR count). The molecule has 3 nitrogen and oxygen atoms in total. The molecule has 1 heterocycles. The van der Waals surface area contributed by atoms with Gasteiger partial charge in [-0.1, -0.05) is 13.2 Å². The van der Waals surface area contributed by atoms with Gasteiger partial charge >= 0.3 is 0 Å². The smallest absolute Gasteiger partial charge is 0.253 e. The van der Waals surface area contributed by atoms with Crippen LogP contribution in [0.4, 0.5) is 0 Å². The minimum Gasteiger partial charge on any atom is -0.289 e. The van der Waals surface area contributed by atoms with Crippen molar-refractivity contribution in [2.24, 2.45) is 0 Å². The van der Waals surface area contributed by atoms with E-state index in [9.17, 15) is 9.59 Å². The maximum Gasteiger partial charge on any atom is 0.253 e. The molecule has 1 aliphatic heterocycles. The van der Waals surface area contributed by atoms with Crippen LogP contribution in [0.1, 0.15) is 6.42 Å². The van der Waals surface area contributed by atoms with Crippen molar-refractivity contribution in [3.05, 3.63) is 24.3 Å². The van der Waals surface area contributed by atoms with Gasteiger partial charge in [0, 0.05) is 17.6 Å². The number of amides is 2. The van der Waals surface area contributed by atoms with E-state index in [0.29, 0.717) is 17.6 Å². The fraction of sp³-hybridized carbons (Fsp3) is 0.143. The summed E-state index contributed by atoms with van der Waals surface area (Å²) in [5.74, 6) is -0.783. The van der Waals surface area contributed by atoms with Crippen LogP contribution in [0.25, 0.3) is 0 Å². The molecule has 0 aromatic carbocycles. The lowest BCUT2D eigenvalue weighted by Gasteiger charge is -2.13. The molecule has 1 N–H and O–H groups in total. The summed E-state index contributed by atoms with van der Waals surface area (Å²) >= 11 is 0. The quantitative estimate of drug-likeness (QED) is 0.381. The van der Waals surface area contributed by atoms with Crippen molar-refractivity contribution in [3.8, 4) is 0 Å². The average Bonchev–Trinajstić information content (AvgIpc) is 1.84.